The second-order valence-electron chi connectivity index (χ2n) is 17.4. The zero-order valence-corrected chi connectivity index (χ0v) is 40.4. The van der Waals surface area contributed by atoms with Gasteiger partial charge in [0.2, 0.25) is 0 Å². The highest BCUT2D eigenvalue weighted by molar-refractivity contribution is 5.71. The highest BCUT2D eigenvalue weighted by atomic mass is 16.6. The Labute approximate surface area is 378 Å². The topological polar surface area (TPSA) is 78.9 Å². The summed E-state index contributed by atoms with van der Waals surface area (Å²) in [5, 5.41) is 0. The van der Waals surface area contributed by atoms with Crippen molar-refractivity contribution in [2.75, 3.05) is 13.2 Å². The van der Waals surface area contributed by atoms with Gasteiger partial charge in [0.15, 0.2) is 6.10 Å². The Bertz CT molecular complexity index is 1070. The van der Waals surface area contributed by atoms with Crippen LogP contribution in [0.15, 0.2) is 48.6 Å². The Morgan fingerprint density at radius 3 is 1.05 bits per heavy atom. The largest absolute Gasteiger partial charge is 0.462 e. The van der Waals surface area contributed by atoms with Crippen LogP contribution in [0.3, 0.4) is 0 Å². The lowest BCUT2D eigenvalue weighted by Crippen LogP contribution is -2.30. The summed E-state index contributed by atoms with van der Waals surface area (Å²) in [6.45, 7) is 6.50. The molecule has 0 fully saturated rings. The summed E-state index contributed by atoms with van der Waals surface area (Å²) < 4.78 is 16.8. The number of esters is 3. The number of rotatable bonds is 47. The molecule has 61 heavy (non-hydrogen) atoms. The van der Waals surface area contributed by atoms with Crippen molar-refractivity contribution in [1.82, 2.24) is 0 Å². The molecular formula is C55H98O6. The molecule has 0 spiro atoms. The summed E-state index contributed by atoms with van der Waals surface area (Å²) in [5.74, 6) is -0.922. The number of hydrogen-bond donors (Lipinski definition) is 0. The van der Waals surface area contributed by atoms with Crippen LogP contribution in [-0.2, 0) is 28.6 Å². The van der Waals surface area contributed by atoms with Crippen LogP contribution >= 0.6 is 0 Å². The second-order valence-corrected chi connectivity index (χ2v) is 17.4. The maximum atomic E-state index is 12.8. The van der Waals surface area contributed by atoms with E-state index in [4.69, 9.17) is 14.2 Å². The molecule has 0 aromatic heterocycles. The summed E-state index contributed by atoms with van der Waals surface area (Å²) >= 11 is 0. The first-order valence-electron chi connectivity index (χ1n) is 26.1. The van der Waals surface area contributed by atoms with E-state index >= 15 is 0 Å². The summed E-state index contributed by atoms with van der Waals surface area (Å²) in [5.41, 5.74) is 0. The third-order valence-electron chi connectivity index (χ3n) is 11.3. The zero-order chi connectivity index (χ0) is 44.4. The van der Waals surface area contributed by atoms with E-state index in [9.17, 15) is 14.4 Å². The van der Waals surface area contributed by atoms with E-state index in [1.165, 1.54) is 148 Å². The van der Waals surface area contributed by atoms with Crippen molar-refractivity contribution in [3.63, 3.8) is 0 Å². The molecule has 354 valence electrons. The van der Waals surface area contributed by atoms with Crippen LogP contribution in [0.25, 0.3) is 0 Å². The van der Waals surface area contributed by atoms with Gasteiger partial charge in [0.05, 0.1) is 0 Å². The van der Waals surface area contributed by atoms with Crippen LogP contribution in [0.4, 0.5) is 0 Å². The third-order valence-corrected chi connectivity index (χ3v) is 11.3. The van der Waals surface area contributed by atoms with Gasteiger partial charge in [-0.15, -0.1) is 0 Å². The van der Waals surface area contributed by atoms with Gasteiger partial charge in [-0.3, -0.25) is 14.4 Å². The highest BCUT2D eigenvalue weighted by Gasteiger charge is 2.19. The molecule has 0 saturated carbocycles. The summed E-state index contributed by atoms with van der Waals surface area (Å²) in [6, 6.07) is 0. The summed E-state index contributed by atoms with van der Waals surface area (Å²) in [4.78, 5) is 37.9. The molecule has 0 rings (SSSR count). The normalized spacial score (nSPS) is 12.4. The van der Waals surface area contributed by atoms with Crippen LogP contribution in [0.1, 0.15) is 265 Å². The first-order valence-corrected chi connectivity index (χ1v) is 26.1. The van der Waals surface area contributed by atoms with E-state index in [0.29, 0.717) is 19.3 Å². The minimum absolute atomic E-state index is 0.0852. The molecule has 0 aromatic rings. The molecule has 0 saturated heterocycles. The maximum Gasteiger partial charge on any atom is 0.306 e. The average molecular weight is 855 g/mol. The van der Waals surface area contributed by atoms with Gasteiger partial charge in [-0.05, 0) is 77.0 Å². The number of unbranched alkanes of at least 4 members (excludes halogenated alkanes) is 28. The van der Waals surface area contributed by atoms with Crippen LogP contribution in [0.5, 0.6) is 0 Å². The molecular weight excluding hydrogens is 757 g/mol. The van der Waals surface area contributed by atoms with Gasteiger partial charge in [-0.25, -0.2) is 0 Å². The van der Waals surface area contributed by atoms with Crippen LogP contribution < -0.4 is 0 Å². The van der Waals surface area contributed by atoms with Gasteiger partial charge >= 0.3 is 17.9 Å². The molecule has 0 radical (unpaired) electrons. The minimum atomic E-state index is -0.786. The van der Waals surface area contributed by atoms with Gasteiger partial charge in [0, 0.05) is 19.3 Å². The Morgan fingerprint density at radius 1 is 0.344 bits per heavy atom. The molecule has 6 heteroatoms. The van der Waals surface area contributed by atoms with E-state index < -0.39 is 6.10 Å². The standard InChI is InChI=1S/C55H98O6/c1-4-7-10-13-16-19-22-25-27-28-29-31-33-36-39-42-45-48-54(57)60-51-52(50-59-53(56)47-44-41-38-35-32-24-21-18-15-12-9-6-3)61-55(58)49-46-43-40-37-34-30-26-23-20-17-14-11-8-5-2/h9,12,18,21,25,27,32,35,52H,4-8,10-11,13-17,19-20,22-24,26,28-31,33-34,36-51H2,1-3H3/b12-9-,21-18-,27-25-,35-32-. The van der Waals surface area contributed by atoms with Crippen LogP contribution in [0.2, 0.25) is 0 Å². The molecule has 0 heterocycles. The molecule has 1 unspecified atom stereocenters. The van der Waals surface area contributed by atoms with Crippen molar-refractivity contribution in [3.05, 3.63) is 48.6 Å². The van der Waals surface area contributed by atoms with Gasteiger partial charge in [-0.2, -0.15) is 0 Å². The Kier molecular flexibility index (Phi) is 47.9. The Morgan fingerprint density at radius 2 is 0.639 bits per heavy atom. The molecule has 1 atom stereocenters. The smallest absolute Gasteiger partial charge is 0.306 e. The van der Waals surface area contributed by atoms with Gasteiger partial charge < -0.3 is 14.2 Å². The SMILES string of the molecule is CC/C=C\C/C=C\C/C=C\CCCCC(=O)OCC(COC(=O)CCCCCCCCC/C=C\CCCCCCCC)OC(=O)CCCCCCCCCCCCCCCC. The Balaban J connectivity index is 4.38. The molecule has 0 N–H and O–H groups in total. The first-order chi connectivity index (χ1) is 30.0. The first kappa shape index (κ1) is 58.4. The number of carbonyl (C=O) groups is 3. The lowest BCUT2D eigenvalue weighted by Gasteiger charge is -2.18. The molecule has 0 aliphatic carbocycles. The lowest BCUT2D eigenvalue weighted by molar-refractivity contribution is -0.167. The third kappa shape index (κ3) is 48.3. The minimum Gasteiger partial charge on any atom is -0.462 e. The molecule has 6 nitrogen and oxygen atoms in total. The summed E-state index contributed by atoms with van der Waals surface area (Å²) in [7, 11) is 0. The number of allylic oxidation sites excluding steroid dienone is 8. The van der Waals surface area contributed by atoms with E-state index in [0.717, 1.165) is 77.0 Å². The van der Waals surface area contributed by atoms with Crippen molar-refractivity contribution >= 4 is 17.9 Å². The van der Waals surface area contributed by atoms with Crippen LogP contribution in [-0.4, -0.2) is 37.2 Å². The predicted octanol–water partition coefficient (Wildman–Crippen LogP) is 17.1. The highest BCUT2D eigenvalue weighted by Crippen LogP contribution is 2.15. The van der Waals surface area contributed by atoms with Gasteiger partial charge in [0.1, 0.15) is 13.2 Å². The summed E-state index contributed by atoms with van der Waals surface area (Å²) in [6.07, 6.45) is 59.6. The van der Waals surface area contributed by atoms with Crippen molar-refractivity contribution in [2.24, 2.45) is 0 Å². The average Bonchev–Trinajstić information content (AvgIpc) is 3.26. The molecule has 0 amide bonds. The molecule has 0 aromatic carbocycles. The molecule has 0 bridgehead atoms. The van der Waals surface area contributed by atoms with Crippen LogP contribution in [0, 0.1) is 0 Å². The number of ether oxygens (including phenoxy) is 3. The van der Waals surface area contributed by atoms with Crippen molar-refractivity contribution < 1.29 is 28.6 Å². The van der Waals surface area contributed by atoms with E-state index in [2.05, 4.69) is 69.4 Å². The molecule has 0 aliphatic rings. The number of hydrogen-bond acceptors (Lipinski definition) is 6. The van der Waals surface area contributed by atoms with E-state index in [-0.39, 0.29) is 31.1 Å². The fourth-order valence-corrected chi connectivity index (χ4v) is 7.39. The maximum absolute atomic E-state index is 12.8. The van der Waals surface area contributed by atoms with E-state index in [1.54, 1.807) is 0 Å². The predicted molar refractivity (Wildman–Crippen MR) is 261 cm³/mol. The fraction of sp³-hybridized carbons (Fsp3) is 0.800. The molecule has 0 aliphatic heterocycles. The van der Waals surface area contributed by atoms with E-state index in [1.807, 2.05) is 0 Å². The van der Waals surface area contributed by atoms with Gasteiger partial charge in [-0.1, -0.05) is 217 Å². The van der Waals surface area contributed by atoms with Crippen molar-refractivity contribution in [1.29, 1.82) is 0 Å². The number of carbonyl (C=O) groups excluding carboxylic acids is 3. The Hall–Kier alpha value is -2.63. The quantitative estimate of drug-likeness (QED) is 0.0263. The lowest BCUT2D eigenvalue weighted by atomic mass is 10.0. The van der Waals surface area contributed by atoms with Crippen molar-refractivity contribution in [2.45, 2.75) is 271 Å². The van der Waals surface area contributed by atoms with Gasteiger partial charge in [0.25, 0.3) is 0 Å². The van der Waals surface area contributed by atoms with Crippen molar-refractivity contribution in [3.8, 4) is 0 Å². The monoisotopic (exact) mass is 855 g/mol. The zero-order valence-electron chi connectivity index (χ0n) is 40.4. The second kappa shape index (κ2) is 50.0. The fourth-order valence-electron chi connectivity index (χ4n) is 7.39.